The predicted molar refractivity (Wildman–Crippen MR) is 84.6 cm³/mol. The van der Waals surface area contributed by atoms with Crippen LogP contribution in [0.25, 0.3) is 0 Å². The van der Waals surface area contributed by atoms with Gasteiger partial charge in [0.1, 0.15) is 0 Å². The molecule has 0 aromatic heterocycles. The maximum Gasteiger partial charge on any atom is 0.0213 e. The number of nitrogens with one attached hydrogen (secondary N) is 1. The van der Waals surface area contributed by atoms with E-state index in [4.69, 9.17) is 0 Å². The van der Waals surface area contributed by atoms with Crippen LogP contribution < -0.4 is 5.32 Å². The molecule has 0 bridgehead atoms. The van der Waals surface area contributed by atoms with Crippen molar-refractivity contribution in [2.45, 2.75) is 46.7 Å². The summed E-state index contributed by atoms with van der Waals surface area (Å²) in [5, 5.41) is 3.74. The molecule has 0 aliphatic heterocycles. The molecule has 1 atom stereocenters. The first-order chi connectivity index (χ1) is 8.90. The third-order valence-corrected chi connectivity index (χ3v) is 3.55. The highest BCUT2D eigenvalue weighted by Crippen LogP contribution is 2.14. The second-order valence-electron chi connectivity index (χ2n) is 6.34. The van der Waals surface area contributed by atoms with Gasteiger partial charge in [-0.25, -0.2) is 0 Å². The van der Waals surface area contributed by atoms with Gasteiger partial charge < -0.3 is 10.2 Å². The van der Waals surface area contributed by atoms with Crippen LogP contribution in [0.3, 0.4) is 0 Å². The Morgan fingerprint density at radius 1 is 1.11 bits per heavy atom. The number of benzene rings is 1. The van der Waals surface area contributed by atoms with Gasteiger partial charge in [0.15, 0.2) is 0 Å². The number of rotatable bonds is 7. The first-order valence-corrected chi connectivity index (χ1v) is 7.33. The predicted octanol–water partition coefficient (Wildman–Crippen LogP) is 3.37. The van der Waals surface area contributed by atoms with Gasteiger partial charge in [-0.05, 0) is 57.0 Å². The summed E-state index contributed by atoms with van der Waals surface area (Å²) in [6.45, 7) is 11.1. The van der Waals surface area contributed by atoms with Crippen molar-refractivity contribution in [1.29, 1.82) is 0 Å². The Labute approximate surface area is 119 Å². The fourth-order valence-corrected chi connectivity index (χ4v) is 2.61. The third kappa shape index (κ3) is 5.75. The molecule has 0 heterocycles. The summed E-state index contributed by atoms with van der Waals surface area (Å²) < 4.78 is 0. The summed E-state index contributed by atoms with van der Waals surface area (Å²) in [4.78, 5) is 2.27. The van der Waals surface area contributed by atoms with Gasteiger partial charge in [-0.15, -0.1) is 0 Å². The van der Waals surface area contributed by atoms with Gasteiger partial charge in [-0.1, -0.05) is 32.0 Å². The first-order valence-electron chi connectivity index (χ1n) is 7.33. The molecule has 0 saturated heterocycles. The van der Waals surface area contributed by atoms with Crippen LogP contribution in [0.4, 0.5) is 0 Å². The molecule has 0 amide bonds. The zero-order valence-corrected chi connectivity index (χ0v) is 13.5. The van der Waals surface area contributed by atoms with E-state index in [-0.39, 0.29) is 0 Å². The Morgan fingerprint density at radius 3 is 2.16 bits per heavy atom. The van der Waals surface area contributed by atoms with Crippen molar-refractivity contribution in [2.24, 2.45) is 5.92 Å². The van der Waals surface area contributed by atoms with Gasteiger partial charge in [0.25, 0.3) is 0 Å². The normalized spacial score (nSPS) is 13.3. The van der Waals surface area contributed by atoms with E-state index >= 15 is 0 Å². The first kappa shape index (κ1) is 16.2. The highest BCUT2D eigenvalue weighted by atomic mass is 15.1. The molecule has 0 saturated carbocycles. The van der Waals surface area contributed by atoms with Crippen molar-refractivity contribution in [3.8, 4) is 0 Å². The maximum atomic E-state index is 3.74. The Morgan fingerprint density at radius 2 is 1.68 bits per heavy atom. The van der Waals surface area contributed by atoms with E-state index in [1.165, 1.54) is 23.1 Å². The largest absolute Gasteiger partial charge is 0.309 e. The standard InChI is InChI=1S/C17H30N2/c1-13(2)10-16(12-19(5)6)18-11-17-14(3)8-7-9-15(17)4/h7-9,13,16,18H,10-12H2,1-6H3. The second kappa shape index (κ2) is 7.66. The van der Waals surface area contributed by atoms with Crippen molar-refractivity contribution < 1.29 is 0 Å². The minimum atomic E-state index is 0.564. The smallest absolute Gasteiger partial charge is 0.0213 e. The highest BCUT2D eigenvalue weighted by Gasteiger charge is 2.12. The van der Waals surface area contributed by atoms with Crippen molar-refractivity contribution in [1.82, 2.24) is 10.2 Å². The molecule has 0 fully saturated rings. The van der Waals surface area contributed by atoms with E-state index in [1.807, 2.05) is 0 Å². The van der Waals surface area contributed by atoms with Crippen LogP contribution in [0.5, 0.6) is 0 Å². The lowest BCUT2D eigenvalue weighted by atomic mass is 10.0. The van der Waals surface area contributed by atoms with Crippen molar-refractivity contribution >= 4 is 0 Å². The van der Waals surface area contributed by atoms with Crippen LogP contribution in [-0.2, 0) is 6.54 Å². The fraction of sp³-hybridized carbons (Fsp3) is 0.647. The van der Waals surface area contributed by atoms with Crippen LogP contribution in [0.15, 0.2) is 18.2 Å². The van der Waals surface area contributed by atoms with Gasteiger partial charge in [-0.2, -0.15) is 0 Å². The molecule has 108 valence electrons. The van der Waals surface area contributed by atoms with Gasteiger partial charge in [0.05, 0.1) is 0 Å². The topological polar surface area (TPSA) is 15.3 Å². The molecule has 2 nitrogen and oxygen atoms in total. The fourth-order valence-electron chi connectivity index (χ4n) is 2.61. The van der Waals surface area contributed by atoms with Crippen molar-refractivity contribution in [3.05, 3.63) is 34.9 Å². The Kier molecular flexibility index (Phi) is 6.53. The zero-order chi connectivity index (χ0) is 14.4. The average Bonchev–Trinajstić information content (AvgIpc) is 2.26. The Hall–Kier alpha value is -0.860. The SMILES string of the molecule is Cc1cccc(C)c1CNC(CC(C)C)CN(C)C. The molecule has 0 spiro atoms. The number of hydrogen-bond donors (Lipinski definition) is 1. The highest BCUT2D eigenvalue weighted by molar-refractivity contribution is 5.33. The van der Waals surface area contributed by atoms with Crippen LogP contribution in [0.2, 0.25) is 0 Å². The molecular formula is C17H30N2. The van der Waals surface area contributed by atoms with Gasteiger partial charge >= 0.3 is 0 Å². The molecule has 1 aromatic rings. The maximum absolute atomic E-state index is 3.74. The van der Waals surface area contributed by atoms with Gasteiger partial charge in [-0.3, -0.25) is 0 Å². The summed E-state index contributed by atoms with van der Waals surface area (Å²) in [7, 11) is 4.29. The lowest BCUT2D eigenvalue weighted by molar-refractivity contribution is 0.305. The summed E-state index contributed by atoms with van der Waals surface area (Å²) >= 11 is 0. The van der Waals surface area contributed by atoms with E-state index in [1.54, 1.807) is 0 Å². The average molecular weight is 262 g/mol. The van der Waals surface area contributed by atoms with E-state index in [9.17, 15) is 0 Å². The third-order valence-electron chi connectivity index (χ3n) is 3.55. The van der Waals surface area contributed by atoms with Gasteiger partial charge in [0.2, 0.25) is 0 Å². The Bertz CT molecular complexity index is 353. The summed E-state index contributed by atoms with van der Waals surface area (Å²) in [6.07, 6.45) is 1.23. The van der Waals surface area contributed by atoms with E-state index in [0.29, 0.717) is 6.04 Å². The van der Waals surface area contributed by atoms with Crippen LogP contribution in [0, 0.1) is 19.8 Å². The molecule has 1 rings (SSSR count). The minimum absolute atomic E-state index is 0.564. The van der Waals surface area contributed by atoms with E-state index < -0.39 is 0 Å². The molecule has 1 aromatic carbocycles. The molecular weight excluding hydrogens is 232 g/mol. The second-order valence-corrected chi connectivity index (χ2v) is 6.34. The monoisotopic (exact) mass is 262 g/mol. The van der Waals surface area contributed by atoms with Crippen LogP contribution in [0.1, 0.15) is 37.0 Å². The molecule has 1 unspecified atom stereocenters. The summed E-state index contributed by atoms with van der Waals surface area (Å²) in [6, 6.07) is 7.11. The Balaban J connectivity index is 2.64. The number of aryl methyl sites for hydroxylation is 2. The number of hydrogen-bond acceptors (Lipinski definition) is 2. The summed E-state index contributed by atoms with van der Waals surface area (Å²) in [5.41, 5.74) is 4.23. The summed E-state index contributed by atoms with van der Waals surface area (Å²) in [5.74, 6) is 0.732. The lowest BCUT2D eigenvalue weighted by Gasteiger charge is -2.25. The zero-order valence-electron chi connectivity index (χ0n) is 13.5. The lowest BCUT2D eigenvalue weighted by Crippen LogP contribution is -2.39. The molecule has 19 heavy (non-hydrogen) atoms. The van der Waals surface area contributed by atoms with Crippen molar-refractivity contribution in [2.75, 3.05) is 20.6 Å². The molecule has 1 N–H and O–H groups in total. The van der Waals surface area contributed by atoms with Crippen LogP contribution >= 0.6 is 0 Å². The minimum Gasteiger partial charge on any atom is -0.309 e. The van der Waals surface area contributed by atoms with E-state index in [2.05, 4.69) is 70.2 Å². The molecule has 0 aliphatic carbocycles. The number of likely N-dealkylation sites (N-methyl/N-ethyl adjacent to an activating group) is 1. The molecule has 0 aliphatic rings. The van der Waals surface area contributed by atoms with Gasteiger partial charge in [0, 0.05) is 19.1 Å². The number of nitrogens with zero attached hydrogens (tertiary/aromatic N) is 1. The quantitative estimate of drug-likeness (QED) is 0.810. The van der Waals surface area contributed by atoms with Crippen LogP contribution in [-0.4, -0.2) is 31.6 Å². The van der Waals surface area contributed by atoms with Crippen molar-refractivity contribution in [3.63, 3.8) is 0 Å². The molecule has 0 radical (unpaired) electrons. The molecule has 2 heteroatoms. The van der Waals surface area contributed by atoms with E-state index in [0.717, 1.165) is 19.0 Å².